The summed E-state index contributed by atoms with van der Waals surface area (Å²) in [6.07, 6.45) is -1.85. The van der Waals surface area contributed by atoms with Crippen LogP contribution in [0.25, 0.3) is 0 Å². The Hall–Kier alpha value is -1.30. The first-order chi connectivity index (χ1) is 7.98. The highest BCUT2D eigenvalue weighted by Gasteiger charge is 2.35. The number of nitrogens with one attached hydrogen (secondary N) is 1. The maximum Gasteiger partial charge on any atom is 0.419 e. The molecule has 1 fully saturated rings. The van der Waals surface area contributed by atoms with E-state index in [1.54, 1.807) is 0 Å². The maximum absolute atomic E-state index is 12.6. The van der Waals surface area contributed by atoms with Crippen LogP contribution in [-0.4, -0.2) is 22.7 Å². The fraction of sp³-hybridized carbons (Fsp3) is 0.545. The second-order valence-electron chi connectivity index (χ2n) is 4.18. The van der Waals surface area contributed by atoms with Gasteiger partial charge in [0.05, 0.1) is 11.7 Å². The fourth-order valence-electron chi connectivity index (χ4n) is 1.62. The minimum atomic E-state index is -4.43. The molecule has 17 heavy (non-hydrogen) atoms. The van der Waals surface area contributed by atoms with E-state index in [4.69, 9.17) is 0 Å². The van der Waals surface area contributed by atoms with E-state index in [9.17, 15) is 18.3 Å². The monoisotopic (exact) mass is 246 g/mol. The molecule has 1 atom stereocenters. The Labute approximate surface area is 96.7 Å². The molecule has 3 nitrogen and oxygen atoms in total. The van der Waals surface area contributed by atoms with Gasteiger partial charge in [-0.3, -0.25) is 0 Å². The average molecular weight is 246 g/mol. The van der Waals surface area contributed by atoms with E-state index in [-0.39, 0.29) is 18.3 Å². The van der Waals surface area contributed by atoms with Crippen molar-refractivity contribution in [3.8, 4) is 0 Å². The largest absolute Gasteiger partial charge is 0.419 e. The van der Waals surface area contributed by atoms with Crippen LogP contribution in [0.5, 0.6) is 0 Å². The van der Waals surface area contributed by atoms with Gasteiger partial charge >= 0.3 is 6.18 Å². The SMILES string of the molecule is OC(CNc1ncccc1C(F)(F)F)C1CC1. The summed E-state index contributed by atoms with van der Waals surface area (Å²) in [5, 5.41) is 12.1. The summed E-state index contributed by atoms with van der Waals surface area (Å²) in [6.45, 7) is 0.102. The summed E-state index contributed by atoms with van der Waals surface area (Å²) in [5.74, 6) is 0.000231. The molecule has 1 aliphatic rings. The molecule has 1 aromatic rings. The van der Waals surface area contributed by atoms with E-state index in [2.05, 4.69) is 10.3 Å². The lowest BCUT2D eigenvalue weighted by Crippen LogP contribution is -2.23. The molecule has 0 bridgehead atoms. The van der Waals surface area contributed by atoms with Gasteiger partial charge in [0, 0.05) is 12.7 Å². The molecule has 1 heterocycles. The van der Waals surface area contributed by atoms with Crippen LogP contribution in [0.15, 0.2) is 18.3 Å². The Morgan fingerprint density at radius 2 is 2.18 bits per heavy atom. The molecule has 0 spiro atoms. The summed E-state index contributed by atoms with van der Waals surface area (Å²) in [6, 6.07) is 2.21. The van der Waals surface area contributed by atoms with Gasteiger partial charge in [0.15, 0.2) is 0 Å². The van der Waals surface area contributed by atoms with E-state index in [1.807, 2.05) is 0 Å². The molecule has 1 aliphatic carbocycles. The smallest absolute Gasteiger partial charge is 0.391 e. The highest BCUT2D eigenvalue weighted by atomic mass is 19.4. The molecule has 94 valence electrons. The molecule has 1 saturated carbocycles. The minimum Gasteiger partial charge on any atom is -0.391 e. The number of aromatic nitrogens is 1. The normalized spacial score (nSPS) is 17.9. The van der Waals surface area contributed by atoms with Crippen molar-refractivity contribution in [1.29, 1.82) is 0 Å². The number of anilines is 1. The van der Waals surface area contributed by atoms with Gasteiger partial charge in [0.2, 0.25) is 0 Å². The molecule has 0 saturated heterocycles. The van der Waals surface area contributed by atoms with Crippen molar-refractivity contribution in [1.82, 2.24) is 4.98 Å². The van der Waals surface area contributed by atoms with Crippen LogP contribution in [0.1, 0.15) is 18.4 Å². The first-order valence-corrected chi connectivity index (χ1v) is 5.42. The molecule has 2 N–H and O–H groups in total. The molecule has 1 unspecified atom stereocenters. The van der Waals surface area contributed by atoms with E-state index >= 15 is 0 Å². The van der Waals surface area contributed by atoms with Gasteiger partial charge in [-0.25, -0.2) is 4.98 Å². The third kappa shape index (κ3) is 3.09. The summed E-state index contributed by atoms with van der Waals surface area (Å²) in [7, 11) is 0. The van der Waals surface area contributed by atoms with Gasteiger partial charge in [0.25, 0.3) is 0 Å². The second kappa shape index (κ2) is 4.52. The Morgan fingerprint density at radius 3 is 2.76 bits per heavy atom. The number of aliphatic hydroxyl groups excluding tert-OH is 1. The third-order valence-corrected chi connectivity index (χ3v) is 2.76. The second-order valence-corrected chi connectivity index (χ2v) is 4.18. The predicted octanol–water partition coefficient (Wildman–Crippen LogP) is 2.28. The van der Waals surface area contributed by atoms with Crippen LogP contribution in [0.3, 0.4) is 0 Å². The fourth-order valence-corrected chi connectivity index (χ4v) is 1.62. The Kier molecular flexibility index (Phi) is 3.24. The van der Waals surface area contributed by atoms with Gasteiger partial charge in [-0.2, -0.15) is 13.2 Å². The predicted molar refractivity (Wildman–Crippen MR) is 56.5 cm³/mol. The van der Waals surface area contributed by atoms with E-state index in [0.717, 1.165) is 18.9 Å². The van der Waals surface area contributed by atoms with Crippen LogP contribution < -0.4 is 5.32 Å². The van der Waals surface area contributed by atoms with Crippen molar-refractivity contribution in [2.75, 3.05) is 11.9 Å². The van der Waals surface area contributed by atoms with E-state index in [0.29, 0.717) is 0 Å². The first kappa shape index (κ1) is 12.2. The number of aliphatic hydroxyl groups is 1. The van der Waals surface area contributed by atoms with Crippen LogP contribution in [0.4, 0.5) is 19.0 Å². The van der Waals surface area contributed by atoms with Crippen LogP contribution >= 0.6 is 0 Å². The number of rotatable bonds is 4. The first-order valence-electron chi connectivity index (χ1n) is 5.42. The van der Waals surface area contributed by atoms with Gasteiger partial charge in [0.1, 0.15) is 5.82 Å². The van der Waals surface area contributed by atoms with Gasteiger partial charge in [-0.15, -0.1) is 0 Å². The number of alkyl halides is 3. The minimum absolute atomic E-state index is 0.102. The van der Waals surface area contributed by atoms with Crippen molar-refractivity contribution < 1.29 is 18.3 Å². The van der Waals surface area contributed by atoms with Gasteiger partial charge < -0.3 is 10.4 Å². The molecule has 0 aromatic carbocycles. The summed E-state index contributed by atoms with van der Waals surface area (Å²) in [4.78, 5) is 3.65. The number of halogens is 3. The van der Waals surface area contributed by atoms with Crippen LogP contribution in [0.2, 0.25) is 0 Å². The highest BCUT2D eigenvalue weighted by molar-refractivity contribution is 5.45. The summed E-state index contributed by atoms with van der Waals surface area (Å²) >= 11 is 0. The summed E-state index contributed by atoms with van der Waals surface area (Å²) in [5.41, 5.74) is -0.803. The van der Waals surface area contributed by atoms with Gasteiger partial charge in [-0.05, 0) is 30.9 Å². The lowest BCUT2D eigenvalue weighted by atomic mass is 10.2. The zero-order valence-electron chi connectivity index (χ0n) is 9.04. The quantitative estimate of drug-likeness (QED) is 0.856. The lowest BCUT2D eigenvalue weighted by molar-refractivity contribution is -0.137. The molecule has 1 aromatic heterocycles. The molecular formula is C11H13F3N2O. The molecule has 0 aliphatic heterocycles. The average Bonchev–Trinajstić information content (AvgIpc) is 3.08. The van der Waals surface area contributed by atoms with Crippen LogP contribution in [0, 0.1) is 5.92 Å². The van der Waals surface area contributed by atoms with E-state index in [1.165, 1.54) is 12.3 Å². The Morgan fingerprint density at radius 1 is 1.47 bits per heavy atom. The standard InChI is InChI=1S/C11H13F3N2O/c12-11(13,14)8-2-1-5-15-10(8)16-6-9(17)7-3-4-7/h1-2,5,7,9,17H,3-4,6H2,(H,15,16). The molecule has 2 rings (SSSR count). The number of pyridine rings is 1. The molecular weight excluding hydrogens is 233 g/mol. The van der Waals surface area contributed by atoms with Gasteiger partial charge in [-0.1, -0.05) is 0 Å². The topological polar surface area (TPSA) is 45.1 Å². The van der Waals surface area contributed by atoms with Crippen molar-refractivity contribution in [3.05, 3.63) is 23.9 Å². The van der Waals surface area contributed by atoms with E-state index < -0.39 is 17.8 Å². The Bertz CT molecular complexity index is 391. The summed E-state index contributed by atoms with van der Waals surface area (Å²) < 4.78 is 37.8. The highest BCUT2D eigenvalue weighted by Crippen LogP contribution is 2.35. The van der Waals surface area contributed by atoms with Crippen molar-refractivity contribution in [2.45, 2.75) is 25.1 Å². The Balaban J connectivity index is 2.04. The van der Waals surface area contributed by atoms with Crippen molar-refractivity contribution >= 4 is 5.82 Å². The maximum atomic E-state index is 12.6. The van der Waals surface area contributed by atoms with Crippen molar-refractivity contribution in [2.24, 2.45) is 5.92 Å². The zero-order chi connectivity index (χ0) is 12.5. The number of hydrogen-bond donors (Lipinski definition) is 2. The molecule has 0 radical (unpaired) electrons. The number of hydrogen-bond acceptors (Lipinski definition) is 3. The molecule has 6 heteroatoms. The number of nitrogens with zero attached hydrogens (tertiary/aromatic N) is 1. The lowest BCUT2D eigenvalue weighted by Gasteiger charge is -2.15. The van der Waals surface area contributed by atoms with Crippen LogP contribution in [-0.2, 0) is 6.18 Å². The molecule has 0 amide bonds. The van der Waals surface area contributed by atoms with Crippen molar-refractivity contribution in [3.63, 3.8) is 0 Å². The zero-order valence-corrected chi connectivity index (χ0v) is 9.04. The third-order valence-electron chi connectivity index (χ3n) is 2.76.